The molecular weight excluding hydrogens is 182 g/mol. The fourth-order valence-electron chi connectivity index (χ4n) is 1.84. The van der Waals surface area contributed by atoms with Gasteiger partial charge in [0.2, 0.25) is 0 Å². The molecule has 2 rings (SSSR count). The van der Waals surface area contributed by atoms with E-state index in [1.807, 2.05) is 0 Å². The Labute approximate surface area is 84.0 Å². The highest BCUT2D eigenvalue weighted by molar-refractivity contribution is 5.74. The van der Waals surface area contributed by atoms with Crippen LogP contribution in [0.2, 0.25) is 0 Å². The standard InChI is InChI=1S/C10H17NO3/c1-13-10(12)9-6-11-5-8(14-9)4-7-2-3-7/h7-9,11H,2-6H2,1H3/t8-,9-/m0/s1. The molecule has 1 aliphatic carbocycles. The maximum absolute atomic E-state index is 11.2. The summed E-state index contributed by atoms with van der Waals surface area (Å²) in [5, 5.41) is 3.21. The second kappa shape index (κ2) is 4.28. The monoisotopic (exact) mass is 199 g/mol. The van der Waals surface area contributed by atoms with Crippen molar-refractivity contribution >= 4 is 5.97 Å². The van der Waals surface area contributed by atoms with Crippen LogP contribution in [-0.4, -0.2) is 38.4 Å². The van der Waals surface area contributed by atoms with Gasteiger partial charge < -0.3 is 14.8 Å². The van der Waals surface area contributed by atoms with Crippen molar-refractivity contribution in [2.75, 3.05) is 20.2 Å². The summed E-state index contributed by atoms with van der Waals surface area (Å²) >= 11 is 0. The van der Waals surface area contributed by atoms with Gasteiger partial charge in [-0.25, -0.2) is 4.79 Å². The molecule has 0 aromatic rings. The second-order valence-corrected chi connectivity index (χ2v) is 4.11. The average molecular weight is 199 g/mol. The van der Waals surface area contributed by atoms with Crippen LogP contribution >= 0.6 is 0 Å². The fraction of sp³-hybridized carbons (Fsp3) is 0.900. The number of nitrogens with one attached hydrogen (secondary N) is 1. The number of esters is 1. The first-order valence-corrected chi connectivity index (χ1v) is 5.23. The van der Waals surface area contributed by atoms with Gasteiger partial charge >= 0.3 is 5.97 Å². The minimum absolute atomic E-state index is 0.195. The molecule has 0 aromatic carbocycles. The van der Waals surface area contributed by atoms with E-state index in [9.17, 15) is 4.79 Å². The lowest BCUT2D eigenvalue weighted by Crippen LogP contribution is -2.48. The number of methoxy groups -OCH3 is 1. The summed E-state index contributed by atoms with van der Waals surface area (Å²) < 4.78 is 10.3. The molecule has 0 bridgehead atoms. The molecule has 0 unspecified atom stereocenters. The Morgan fingerprint density at radius 3 is 2.93 bits per heavy atom. The molecule has 80 valence electrons. The molecule has 1 aliphatic heterocycles. The van der Waals surface area contributed by atoms with E-state index in [1.54, 1.807) is 0 Å². The highest BCUT2D eigenvalue weighted by atomic mass is 16.6. The van der Waals surface area contributed by atoms with Gasteiger partial charge in [0.15, 0.2) is 6.10 Å². The molecule has 0 radical (unpaired) electrons. The lowest BCUT2D eigenvalue weighted by molar-refractivity contribution is -0.161. The Morgan fingerprint density at radius 1 is 1.50 bits per heavy atom. The molecule has 1 saturated heterocycles. The van der Waals surface area contributed by atoms with Crippen LogP contribution in [0.4, 0.5) is 0 Å². The Hall–Kier alpha value is -0.610. The first-order chi connectivity index (χ1) is 6.79. The van der Waals surface area contributed by atoms with Crippen molar-refractivity contribution in [3.63, 3.8) is 0 Å². The smallest absolute Gasteiger partial charge is 0.336 e. The topological polar surface area (TPSA) is 47.6 Å². The van der Waals surface area contributed by atoms with Crippen LogP contribution in [0.25, 0.3) is 0 Å². The lowest BCUT2D eigenvalue weighted by Gasteiger charge is -2.29. The van der Waals surface area contributed by atoms with Gasteiger partial charge in [0.1, 0.15) is 0 Å². The molecule has 0 spiro atoms. The van der Waals surface area contributed by atoms with E-state index in [0.717, 1.165) is 18.9 Å². The van der Waals surface area contributed by atoms with Crippen LogP contribution in [0.1, 0.15) is 19.3 Å². The zero-order chi connectivity index (χ0) is 9.97. The summed E-state index contributed by atoms with van der Waals surface area (Å²) in [5.41, 5.74) is 0. The first kappa shape index (κ1) is 9.93. The molecule has 0 aromatic heterocycles. The zero-order valence-corrected chi connectivity index (χ0v) is 8.49. The van der Waals surface area contributed by atoms with Gasteiger partial charge in [-0.15, -0.1) is 0 Å². The number of hydrogen-bond acceptors (Lipinski definition) is 4. The second-order valence-electron chi connectivity index (χ2n) is 4.11. The molecule has 1 heterocycles. The van der Waals surface area contributed by atoms with Crippen LogP contribution in [0.3, 0.4) is 0 Å². The number of ether oxygens (including phenoxy) is 2. The number of morpholine rings is 1. The van der Waals surface area contributed by atoms with Crippen molar-refractivity contribution in [2.24, 2.45) is 5.92 Å². The SMILES string of the molecule is COC(=O)[C@@H]1CNC[C@H](CC2CC2)O1. The Morgan fingerprint density at radius 2 is 2.29 bits per heavy atom. The van der Waals surface area contributed by atoms with E-state index in [1.165, 1.54) is 20.0 Å². The summed E-state index contributed by atoms with van der Waals surface area (Å²) in [7, 11) is 1.40. The molecule has 4 heteroatoms. The summed E-state index contributed by atoms with van der Waals surface area (Å²) in [5.74, 6) is 0.566. The third-order valence-corrected chi connectivity index (χ3v) is 2.82. The van der Waals surface area contributed by atoms with Gasteiger partial charge in [-0.1, -0.05) is 12.8 Å². The normalized spacial score (nSPS) is 32.6. The van der Waals surface area contributed by atoms with Crippen molar-refractivity contribution in [3.8, 4) is 0 Å². The summed E-state index contributed by atoms with van der Waals surface area (Å²) in [4.78, 5) is 11.2. The minimum Gasteiger partial charge on any atom is -0.467 e. The van der Waals surface area contributed by atoms with Crippen molar-refractivity contribution < 1.29 is 14.3 Å². The van der Waals surface area contributed by atoms with Gasteiger partial charge in [0, 0.05) is 13.1 Å². The van der Waals surface area contributed by atoms with Crippen LogP contribution < -0.4 is 5.32 Å². The van der Waals surface area contributed by atoms with E-state index in [4.69, 9.17) is 4.74 Å². The first-order valence-electron chi connectivity index (χ1n) is 5.23. The van der Waals surface area contributed by atoms with Crippen molar-refractivity contribution in [1.29, 1.82) is 0 Å². The largest absolute Gasteiger partial charge is 0.467 e. The molecule has 1 saturated carbocycles. The van der Waals surface area contributed by atoms with E-state index in [0.29, 0.717) is 6.54 Å². The number of rotatable bonds is 3. The van der Waals surface area contributed by atoms with E-state index in [2.05, 4.69) is 10.1 Å². The van der Waals surface area contributed by atoms with Gasteiger partial charge in [-0.05, 0) is 12.3 Å². The van der Waals surface area contributed by atoms with Crippen LogP contribution in [0.5, 0.6) is 0 Å². The third-order valence-electron chi connectivity index (χ3n) is 2.82. The highest BCUT2D eigenvalue weighted by Crippen LogP contribution is 2.34. The minimum atomic E-state index is -0.405. The maximum atomic E-state index is 11.2. The van der Waals surface area contributed by atoms with Crippen molar-refractivity contribution in [1.82, 2.24) is 5.32 Å². The molecule has 0 amide bonds. The molecule has 1 N–H and O–H groups in total. The number of carbonyl (C=O) groups is 1. The van der Waals surface area contributed by atoms with Crippen LogP contribution in [0.15, 0.2) is 0 Å². The zero-order valence-electron chi connectivity index (χ0n) is 8.49. The summed E-state index contributed by atoms with van der Waals surface area (Å²) in [6.45, 7) is 1.44. The summed E-state index contributed by atoms with van der Waals surface area (Å²) in [6.07, 6.45) is 3.52. The highest BCUT2D eigenvalue weighted by Gasteiger charge is 2.32. The Balaban J connectivity index is 1.79. The number of carbonyl (C=O) groups excluding carboxylic acids is 1. The van der Waals surface area contributed by atoms with Crippen molar-refractivity contribution in [3.05, 3.63) is 0 Å². The summed E-state index contributed by atoms with van der Waals surface area (Å²) in [6, 6.07) is 0. The molecule has 2 fully saturated rings. The van der Waals surface area contributed by atoms with E-state index < -0.39 is 6.10 Å². The third kappa shape index (κ3) is 2.45. The van der Waals surface area contributed by atoms with Crippen LogP contribution in [-0.2, 0) is 14.3 Å². The molecular formula is C10H17NO3. The fourth-order valence-corrected chi connectivity index (χ4v) is 1.84. The maximum Gasteiger partial charge on any atom is 0.336 e. The predicted octanol–water partition coefficient (Wildman–Crippen LogP) is 0.316. The van der Waals surface area contributed by atoms with Crippen molar-refractivity contribution in [2.45, 2.75) is 31.5 Å². The van der Waals surface area contributed by atoms with Gasteiger partial charge in [-0.2, -0.15) is 0 Å². The number of hydrogen-bond donors (Lipinski definition) is 1. The van der Waals surface area contributed by atoms with Gasteiger partial charge in [0.25, 0.3) is 0 Å². The lowest BCUT2D eigenvalue weighted by atomic mass is 10.1. The van der Waals surface area contributed by atoms with E-state index in [-0.39, 0.29) is 12.1 Å². The predicted molar refractivity (Wildman–Crippen MR) is 50.9 cm³/mol. The van der Waals surface area contributed by atoms with Gasteiger partial charge in [-0.3, -0.25) is 0 Å². The van der Waals surface area contributed by atoms with Gasteiger partial charge in [0.05, 0.1) is 13.2 Å². The van der Waals surface area contributed by atoms with Crippen LogP contribution in [0, 0.1) is 5.92 Å². The molecule has 4 nitrogen and oxygen atoms in total. The van der Waals surface area contributed by atoms with E-state index >= 15 is 0 Å². The Kier molecular flexibility index (Phi) is 3.03. The molecule has 2 atom stereocenters. The quantitative estimate of drug-likeness (QED) is 0.665. The average Bonchev–Trinajstić information content (AvgIpc) is 3.01. The Bertz CT molecular complexity index is 215. The molecule has 14 heavy (non-hydrogen) atoms. The molecule has 2 aliphatic rings.